The third-order valence-electron chi connectivity index (χ3n) is 9.10. The number of nitrogens with two attached hydrogens (primary N) is 2. The van der Waals surface area contributed by atoms with Crippen molar-refractivity contribution in [1.82, 2.24) is 20.4 Å². The first kappa shape index (κ1) is 30.6. The molecule has 0 aromatic heterocycles. The van der Waals surface area contributed by atoms with Crippen LogP contribution in [0, 0.1) is 13.8 Å². The molecule has 44 heavy (non-hydrogen) atoms. The van der Waals surface area contributed by atoms with E-state index in [-0.39, 0.29) is 11.8 Å². The van der Waals surface area contributed by atoms with E-state index in [1.54, 1.807) is 14.1 Å². The second-order valence-electron chi connectivity index (χ2n) is 11.8. The number of carbonyl (C=O) groups is 2. The standard InChI is InChI=1S/C34H34Br2N6O2/c1-21-14-16-23(17-15-21)31(25-10-6-12-27(35)19-25)29(43)41(3)33(37,39-31)34(38)40-32(30(44)42(34)4,24-9-5-8-22(2)18-24)26-11-7-13-28(36)20-26/h5-20,39-40H,37-38H2,1-4H3. The fourth-order valence-electron chi connectivity index (χ4n) is 6.61. The molecule has 0 aliphatic carbocycles. The van der Waals surface area contributed by atoms with Gasteiger partial charge in [0.2, 0.25) is 0 Å². The van der Waals surface area contributed by atoms with Gasteiger partial charge in [0, 0.05) is 23.0 Å². The third-order valence-corrected chi connectivity index (χ3v) is 10.1. The molecule has 10 heteroatoms. The van der Waals surface area contributed by atoms with Gasteiger partial charge < -0.3 is 9.80 Å². The summed E-state index contributed by atoms with van der Waals surface area (Å²) < 4.78 is 1.60. The Bertz CT molecular complexity index is 1750. The van der Waals surface area contributed by atoms with Gasteiger partial charge in [-0.2, -0.15) is 0 Å². The van der Waals surface area contributed by atoms with E-state index in [0.29, 0.717) is 22.3 Å². The van der Waals surface area contributed by atoms with Gasteiger partial charge in [-0.15, -0.1) is 0 Å². The Morgan fingerprint density at radius 3 is 1.41 bits per heavy atom. The number of hydrogen-bond acceptors (Lipinski definition) is 6. The number of likely N-dealkylation sites (N-methyl/N-ethyl adjacent to an activating group) is 2. The molecule has 226 valence electrons. The first-order chi connectivity index (χ1) is 20.8. The van der Waals surface area contributed by atoms with Crippen molar-refractivity contribution >= 4 is 43.7 Å². The first-order valence-corrected chi connectivity index (χ1v) is 15.8. The van der Waals surface area contributed by atoms with Crippen LogP contribution in [0.4, 0.5) is 0 Å². The topological polar surface area (TPSA) is 117 Å². The number of aryl methyl sites for hydroxylation is 2. The van der Waals surface area contributed by atoms with E-state index in [0.717, 1.165) is 20.1 Å². The Balaban J connectivity index is 1.58. The zero-order valence-corrected chi connectivity index (χ0v) is 28.0. The summed E-state index contributed by atoms with van der Waals surface area (Å²) in [6.45, 7) is 3.96. The maximum atomic E-state index is 14.7. The van der Waals surface area contributed by atoms with Gasteiger partial charge in [-0.05, 0) is 60.4 Å². The maximum absolute atomic E-state index is 14.7. The minimum absolute atomic E-state index is 0.313. The summed E-state index contributed by atoms with van der Waals surface area (Å²) in [6, 6.07) is 30.6. The normalized spacial score (nSPS) is 28.6. The van der Waals surface area contributed by atoms with Crippen molar-refractivity contribution in [3.63, 3.8) is 0 Å². The van der Waals surface area contributed by atoms with Crippen LogP contribution >= 0.6 is 31.9 Å². The summed E-state index contributed by atoms with van der Waals surface area (Å²) in [7, 11) is 3.23. The quantitative estimate of drug-likeness (QED) is 0.244. The zero-order chi connectivity index (χ0) is 31.7. The molecule has 6 N–H and O–H groups in total. The summed E-state index contributed by atoms with van der Waals surface area (Å²) in [4.78, 5) is 32.2. The van der Waals surface area contributed by atoms with E-state index in [4.69, 9.17) is 11.5 Å². The van der Waals surface area contributed by atoms with Gasteiger partial charge >= 0.3 is 0 Å². The average molecular weight is 718 g/mol. The largest absolute Gasteiger partial charge is 0.308 e. The molecule has 0 spiro atoms. The molecule has 0 bridgehead atoms. The number of amides is 2. The molecule has 0 radical (unpaired) electrons. The van der Waals surface area contributed by atoms with Crippen molar-refractivity contribution in [1.29, 1.82) is 0 Å². The van der Waals surface area contributed by atoms with Crippen LogP contribution in [0.3, 0.4) is 0 Å². The molecule has 0 saturated carbocycles. The lowest BCUT2D eigenvalue weighted by molar-refractivity contribution is -0.142. The lowest BCUT2D eigenvalue weighted by atomic mass is 9.82. The Hall–Kier alpha value is -3.38. The molecule has 6 rings (SSSR count). The summed E-state index contributed by atoms with van der Waals surface area (Å²) in [5, 5.41) is 7.00. The fraction of sp³-hybridized carbons (Fsp3) is 0.235. The van der Waals surface area contributed by atoms with E-state index in [1.807, 2.05) is 111 Å². The highest BCUT2D eigenvalue weighted by molar-refractivity contribution is 9.10. The Morgan fingerprint density at radius 2 is 0.977 bits per heavy atom. The van der Waals surface area contributed by atoms with Crippen LogP contribution in [-0.2, 0) is 20.7 Å². The van der Waals surface area contributed by atoms with Crippen molar-refractivity contribution in [2.24, 2.45) is 11.5 Å². The number of hydrogen-bond donors (Lipinski definition) is 4. The van der Waals surface area contributed by atoms with E-state index in [9.17, 15) is 9.59 Å². The van der Waals surface area contributed by atoms with Crippen LogP contribution in [0.25, 0.3) is 0 Å². The molecule has 2 saturated heterocycles. The molecule has 2 heterocycles. The van der Waals surface area contributed by atoms with Crippen molar-refractivity contribution in [3.8, 4) is 0 Å². The number of nitrogens with zero attached hydrogens (tertiary/aromatic N) is 2. The van der Waals surface area contributed by atoms with E-state index < -0.39 is 22.7 Å². The minimum atomic E-state index is -1.79. The average Bonchev–Trinajstić information content (AvgIpc) is 3.35. The second kappa shape index (κ2) is 10.6. The van der Waals surface area contributed by atoms with Gasteiger partial charge in [0.1, 0.15) is 0 Å². The third kappa shape index (κ3) is 4.23. The first-order valence-electron chi connectivity index (χ1n) is 14.2. The number of benzene rings is 4. The maximum Gasteiger partial charge on any atom is 0.254 e. The highest BCUT2D eigenvalue weighted by Gasteiger charge is 2.72. The van der Waals surface area contributed by atoms with Gasteiger partial charge in [-0.3, -0.25) is 31.7 Å². The van der Waals surface area contributed by atoms with Crippen LogP contribution in [-0.4, -0.2) is 47.3 Å². The Labute approximate surface area is 274 Å². The second-order valence-corrected chi connectivity index (χ2v) is 13.6. The monoisotopic (exact) mass is 716 g/mol. The lowest BCUT2D eigenvalue weighted by Gasteiger charge is -2.48. The van der Waals surface area contributed by atoms with Gasteiger partial charge in [0.15, 0.2) is 22.7 Å². The van der Waals surface area contributed by atoms with Crippen LogP contribution < -0.4 is 22.1 Å². The van der Waals surface area contributed by atoms with Gasteiger partial charge in [0.25, 0.3) is 11.8 Å². The molecule has 4 atom stereocenters. The Kier molecular flexibility index (Phi) is 7.39. The highest BCUT2D eigenvalue weighted by Crippen LogP contribution is 2.47. The number of halogens is 2. The van der Waals surface area contributed by atoms with Crippen molar-refractivity contribution in [2.45, 2.75) is 36.5 Å². The lowest BCUT2D eigenvalue weighted by Crippen LogP contribution is -2.85. The van der Waals surface area contributed by atoms with Crippen LogP contribution in [0.15, 0.2) is 106 Å². The summed E-state index contributed by atoms with van der Waals surface area (Å²) in [5.74, 6) is -4.21. The number of nitrogens with one attached hydrogen (secondary N) is 2. The molecule has 2 amide bonds. The summed E-state index contributed by atoms with van der Waals surface area (Å²) >= 11 is 7.15. The molecular formula is C34H34Br2N6O2. The van der Waals surface area contributed by atoms with Crippen LogP contribution in [0.2, 0.25) is 0 Å². The van der Waals surface area contributed by atoms with Gasteiger partial charge in [-0.25, -0.2) is 0 Å². The molecule has 2 fully saturated rings. The van der Waals surface area contributed by atoms with Crippen LogP contribution in [0.5, 0.6) is 0 Å². The molecule has 2 aliphatic rings. The SMILES string of the molecule is Cc1ccc(C2(c3cccc(Br)c3)NC(N)(C3(N)NC(c4cccc(C)c4)(c4cccc(Br)c4)C(=O)N3C)N(C)C2=O)cc1. The number of rotatable bonds is 5. The number of carbonyl (C=O) groups excluding carboxylic acids is 2. The van der Waals surface area contributed by atoms with Crippen LogP contribution in [0.1, 0.15) is 33.4 Å². The summed E-state index contributed by atoms with van der Waals surface area (Å²) in [5.41, 5.74) is 16.6. The predicted molar refractivity (Wildman–Crippen MR) is 178 cm³/mol. The zero-order valence-electron chi connectivity index (χ0n) is 24.9. The van der Waals surface area contributed by atoms with Gasteiger partial charge in [-0.1, -0.05) is 116 Å². The predicted octanol–water partition coefficient (Wildman–Crippen LogP) is 4.36. The van der Waals surface area contributed by atoms with Crippen molar-refractivity contribution in [3.05, 3.63) is 139 Å². The molecule has 2 aliphatic heterocycles. The molecule has 8 nitrogen and oxygen atoms in total. The van der Waals surface area contributed by atoms with Crippen molar-refractivity contribution in [2.75, 3.05) is 14.1 Å². The highest BCUT2D eigenvalue weighted by atomic mass is 79.9. The molecular weight excluding hydrogens is 684 g/mol. The molecule has 4 aromatic rings. The fourth-order valence-corrected chi connectivity index (χ4v) is 7.41. The summed E-state index contributed by atoms with van der Waals surface area (Å²) in [6.07, 6.45) is 0. The Morgan fingerprint density at radius 1 is 0.568 bits per heavy atom. The minimum Gasteiger partial charge on any atom is -0.308 e. The molecule has 4 aromatic carbocycles. The van der Waals surface area contributed by atoms with Gasteiger partial charge in [0.05, 0.1) is 0 Å². The van der Waals surface area contributed by atoms with E-state index >= 15 is 0 Å². The smallest absolute Gasteiger partial charge is 0.254 e. The van der Waals surface area contributed by atoms with Crippen molar-refractivity contribution < 1.29 is 9.59 Å². The molecule has 4 unspecified atom stereocenters. The van der Waals surface area contributed by atoms with E-state index in [1.165, 1.54) is 9.80 Å². The van der Waals surface area contributed by atoms with E-state index in [2.05, 4.69) is 42.5 Å².